The highest BCUT2D eigenvalue weighted by atomic mass is 16.4. The van der Waals surface area contributed by atoms with Gasteiger partial charge in [0.2, 0.25) is 5.91 Å². The minimum Gasteiger partial charge on any atom is -0.477 e. The van der Waals surface area contributed by atoms with E-state index in [2.05, 4.69) is 15.4 Å². The van der Waals surface area contributed by atoms with E-state index in [1.807, 2.05) is 0 Å². The Morgan fingerprint density at radius 2 is 2.19 bits per heavy atom. The molecule has 1 amide bonds. The average Bonchev–Trinajstić information content (AvgIpc) is 2.91. The third-order valence-corrected chi connectivity index (χ3v) is 2.88. The average molecular weight is 289 g/mol. The van der Waals surface area contributed by atoms with E-state index >= 15 is 0 Å². The molecule has 0 aliphatic carbocycles. The number of carboxylic acids is 1. The number of nitrogens with one attached hydrogen (secondary N) is 1. The minimum absolute atomic E-state index is 0.0443. The maximum absolute atomic E-state index is 11.9. The van der Waals surface area contributed by atoms with Crippen LogP contribution in [0.25, 0.3) is 0 Å². The Balaban J connectivity index is 1.93. The van der Waals surface area contributed by atoms with Crippen molar-refractivity contribution >= 4 is 11.9 Å². The number of aryl methyl sites for hydroxylation is 1. The number of nitrogens with two attached hydrogens (primary N) is 1. The van der Waals surface area contributed by atoms with Crippen LogP contribution in [0.2, 0.25) is 0 Å². The van der Waals surface area contributed by atoms with Crippen LogP contribution in [-0.2, 0) is 18.4 Å². The number of carbonyl (C=O) groups is 2. The standard InChI is InChI=1S/C13H15N5O3/c1-18-7-9(6-17-18)11(14)12(19)16-5-8-2-3-10(13(20)21)15-4-8/h2-4,6-7,11H,5,14H2,1H3,(H,16,19)(H,20,21). The molecular formula is C13H15N5O3. The zero-order valence-electron chi connectivity index (χ0n) is 11.4. The van der Waals surface area contributed by atoms with Gasteiger partial charge in [-0.15, -0.1) is 0 Å². The molecule has 0 saturated carbocycles. The number of amides is 1. The first-order chi connectivity index (χ1) is 9.97. The normalized spacial score (nSPS) is 11.9. The van der Waals surface area contributed by atoms with Crippen molar-refractivity contribution in [3.63, 3.8) is 0 Å². The molecule has 1 unspecified atom stereocenters. The van der Waals surface area contributed by atoms with Gasteiger partial charge in [-0.3, -0.25) is 9.48 Å². The highest BCUT2D eigenvalue weighted by Crippen LogP contribution is 2.09. The molecule has 8 nitrogen and oxygen atoms in total. The van der Waals surface area contributed by atoms with Crippen molar-refractivity contribution in [3.8, 4) is 0 Å². The van der Waals surface area contributed by atoms with Crippen LogP contribution in [-0.4, -0.2) is 31.7 Å². The summed E-state index contributed by atoms with van der Waals surface area (Å²) in [6.07, 6.45) is 4.61. The summed E-state index contributed by atoms with van der Waals surface area (Å²) in [6.45, 7) is 0.222. The number of rotatable bonds is 5. The molecule has 2 rings (SSSR count). The van der Waals surface area contributed by atoms with Gasteiger partial charge in [-0.1, -0.05) is 6.07 Å². The zero-order valence-corrected chi connectivity index (χ0v) is 11.4. The topological polar surface area (TPSA) is 123 Å². The van der Waals surface area contributed by atoms with Gasteiger partial charge in [0.1, 0.15) is 11.7 Å². The van der Waals surface area contributed by atoms with Crippen LogP contribution in [0.1, 0.15) is 27.7 Å². The van der Waals surface area contributed by atoms with Gasteiger partial charge in [-0.2, -0.15) is 5.10 Å². The van der Waals surface area contributed by atoms with E-state index in [1.54, 1.807) is 24.0 Å². The van der Waals surface area contributed by atoms with E-state index in [0.29, 0.717) is 11.1 Å². The van der Waals surface area contributed by atoms with Crippen LogP contribution in [0, 0.1) is 0 Å². The summed E-state index contributed by atoms with van der Waals surface area (Å²) in [5.74, 6) is -1.44. The number of hydrogen-bond acceptors (Lipinski definition) is 5. The van der Waals surface area contributed by atoms with E-state index in [-0.39, 0.29) is 18.1 Å². The maximum atomic E-state index is 11.9. The smallest absolute Gasteiger partial charge is 0.354 e. The fraction of sp³-hybridized carbons (Fsp3) is 0.231. The Bertz CT molecular complexity index is 650. The molecule has 0 spiro atoms. The van der Waals surface area contributed by atoms with Gasteiger partial charge in [-0.25, -0.2) is 9.78 Å². The fourth-order valence-corrected chi connectivity index (χ4v) is 1.71. The summed E-state index contributed by atoms with van der Waals surface area (Å²) in [7, 11) is 1.74. The molecule has 0 fully saturated rings. The van der Waals surface area contributed by atoms with Gasteiger partial charge >= 0.3 is 5.97 Å². The Hall–Kier alpha value is -2.74. The SMILES string of the molecule is Cn1cc(C(N)C(=O)NCc2ccc(C(=O)O)nc2)cn1. The third kappa shape index (κ3) is 3.63. The molecule has 110 valence electrons. The van der Waals surface area contributed by atoms with Gasteiger partial charge in [0, 0.05) is 31.5 Å². The number of nitrogens with zero attached hydrogens (tertiary/aromatic N) is 3. The molecule has 0 aromatic carbocycles. The zero-order chi connectivity index (χ0) is 15.4. The van der Waals surface area contributed by atoms with E-state index < -0.39 is 12.0 Å². The second-order valence-corrected chi connectivity index (χ2v) is 4.50. The molecule has 0 aliphatic rings. The number of hydrogen-bond donors (Lipinski definition) is 3. The molecule has 0 bridgehead atoms. The summed E-state index contributed by atoms with van der Waals surface area (Å²) >= 11 is 0. The summed E-state index contributed by atoms with van der Waals surface area (Å²) in [5.41, 5.74) is 7.08. The Morgan fingerprint density at radius 3 is 2.71 bits per heavy atom. The third-order valence-electron chi connectivity index (χ3n) is 2.88. The Morgan fingerprint density at radius 1 is 1.43 bits per heavy atom. The van der Waals surface area contributed by atoms with Crippen LogP contribution >= 0.6 is 0 Å². The van der Waals surface area contributed by atoms with Crippen LogP contribution in [0.3, 0.4) is 0 Å². The van der Waals surface area contributed by atoms with Crippen molar-refractivity contribution in [3.05, 3.63) is 47.5 Å². The number of carboxylic acid groups (broad SMARTS) is 1. The van der Waals surface area contributed by atoms with Crippen molar-refractivity contribution in [2.75, 3.05) is 0 Å². The van der Waals surface area contributed by atoms with Gasteiger partial charge in [0.25, 0.3) is 0 Å². The monoisotopic (exact) mass is 289 g/mol. The Kier molecular flexibility index (Phi) is 4.29. The molecule has 0 radical (unpaired) electrons. The molecule has 21 heavy (non-hydrogen) atoms. The maximum Gasteiger partial charge on any atom is 0.354 e. The summed E-state index contributed by atoms with van der Waals surface area (Å²) in [4.78, 5) is 26.4. The lowest BCUT2D eigenvalue weighted by Gasteiger charge is -2.10. The molecule has 2 heterocycles. The van der Waals surface area contributed by atoms with Crippen LogP contribution in [0.4, 0.5) is 0 Å². The highest BCUT2D eigenvalue weighted by Gasteiger charge is 2.16. The quantitative estimate of drug-likeness (QED) is 0.702. The van der Waals surface area contributed by atoms with E-state index in [1.165, 1.54) is 18.5 Å². The van der Waals surface area contributed by atoms with E-state index in [0.717, 1.165) is 0 Å². The van der Waals surface area contributed by atoms with Crippen LogP contribution in [0.15, 0.2) is 30.7 Å². The lowest BCUT2D eigenvalue weighted by Crippen LogP contribution is -2.33. The molecular weight excluding hydrogens is 274 g/mol. The first-order valence-corrected chi connectivity index (χ1v) is 6.17. The first kappa shape index (κ1) is 14.7. The molecule has 2 aromatic heterocycles. The molecule has 0 aliphatic heterocycles. The molecule has 2 aromatic rings. The summed E-state index contributed by atoms with van der Waals surface area (Å²) in [6, 6.07) is 2.17. The second kappa shape index (κ2) is 6.14. The fourth-order valence-electron chi connectivity index (χ4n) is 1.71. The van der Waals surface area contributed by atoms with Crippen LogP contribution in [0.5, 0.6) is 0 Å². The highest BCUT2D eigenvalue weighted by molar-refractivity contribution is 5.85. The molecule has 4 N–H and O–H groups in total. The largest absolute Gasteiger partial charge is 0.477 e. The number of pyridine rings is 1. The summed E-state index contributed by atoms with van der Waals surface area (Å²) in [5, 5.41) is 15.4. The lowest BCUT2D eigenvalue weighted by atomic mass is 10.1. The van der Waals surface area contributed by atoms with Crippen LogP contribution < -0.4 is 11.1 Å². The lowest BCUT2D eigenvalue weighted by molar-refractivity contribution is -0.122. The first-order valence-electron chi connectivity index (χ1n) is 6.17. The van der Waals surface area contributed by atoms with Gasteiger partial charge in [-0.05, 0) is 11.6 Å². The predicted molar refractivity (Wildman–Crippen MR) is 73.2 cm³/mol. The molecule has 1 atom stereocenters. The minimum atomic E-state index is -1.09. The Labute approximate surface area is 120 Å². The van der Waals surface area contributed by atoms with Crippen molar-refractivity contribution in [1.29, 1.82) is 0 Å². The van der Waals surface area contributed by atoms with Crippen molar-refractivity contribution < 1.29 is 14.7 Å². The van der Waals surface area contributed by atoms with Crippen molar-refractivity contribution in [2.24, 2.45) is 12.8 Å². The second-order valence-electron chi connectivity index (χ2n) is 4.50. The molecule has 8 heteroatoms. The molecule has 0 saturated heterocycles. The summed E-state index contributed by atoms with van der Waals surface area (Å²) < 4.78 is 1.57. The number of aromatic nitrogens is 3. The van der Waals surface area contributed by atoms with Crippen molar-refractivity contribution in [2.45, 2.75) is 12.6 Å². The van der Waals surface area contributed by atoms with E-state index in [4.69, 9.17) is 10.8 Å². The predicted octanol–water partition coefficient (Wildman–Crippen LogP) is -0.170. The number of carbonyl (C=O) groups excluding carboxylic acids is 1. The van der Waals surface area contributed by atoms with Gasteiger partial charge in [0.15, 0.2) is 0 Å². The van der Waals surface area contributed by atoms with Gasteiger partial charge < -0.3 is 16.2 Å². The van der Waals surface area contributed by atoms with E-state index in [9.17, 15) is 9.59 Å². The van der Waals surface area contributed by atoms with Gasteiger partial charge in [0.05, 0.1) is 6.20 Å². The van der Waals surface area contributed by atoms with Crippen molar-refractivity contribution in [1.82, 2.24) is 20.1 Å². The number of aromatic carboxylic acids is 1.